The Balaban J connectivity index is 0.000000281. The first kappa shape index (κ1) is 24.1. The predicted octanol–water partition coefficient (Wildman–Crippen LogP) is 4.13. The Morgan fingerprint density at radius 2 is 2.07 bits per heavy atom. The molecule has 28 heavy (non-hydrogen) atoms. The van der Waals surface area contributed by atoms with Crippen molar-refractivity contribution >= 4 is 17.9 Å². The summed E-state index contributed by atoms with van der Waals surface area (Å²) >= 11 is 0. The van der Waals surface area contributed by atoms with Gasteiger partial charge in [-0.05, 0) is 56.2 Å². The second-order valence-corrected chi connectivity index (χ2v) is 7.78. The van der Waals surface area contributed by atoms with E-state index in [2.05, 4.69) is 43.6 Å². The first-order valence-corrected chi connectivity index (χ1v) is 10.1. The third kappa shape index (κ3) is 8.36. The SMILES string of the molecule is CCC(C)(C)/C=C/CCCC(C=O)OC.CNC1Cc2ccccc2NC1=O. The monoisotopic (exact) mass is 388 g/mol. The number of aldehydes is 1. The van der Waals surface area contributed by atoms with Crippen LogP contribution in [0.1, 0.15) is 52.0 Å². The number of nitrogens with one attached hydrogen (secondary N) is 2. The number of hydrogen-bond donors (Lipinski definition) is 2. The second-order valence-electron chi connectivity index (χ2n) is 7.78. The lowest BCUT2D eigenvalue weighted by Gasteiger charge is -2.23. The van der Waals surface area contributed by atoms with Crippen LogP contribution in [0.25, 0.3) is 0 Å². The van der Waals surface area contributed by atoms with Crippen molar-refractivity contribution in [3.8, 4) is 0 Å². The molecule has 0 bridgehead atoms. The molecule has 0 aliphatic carbocycles. The van der Waals surface area contributed by atoms with Crippen molar-refractivity contribution in [2.24, 2.45) is 5.41 Å². The third-order valence-electron chi connectivity index (χ3n) is 5.16. The standard InChI is InChI=1S/C13H24O2.C10H12N2O/c1-5-13(2,3)10-8-6-7-9-12(11-14)15-4;1-11-9-6-7-4-2-3-5-8(7)12-10(9)13/h8,10-12H,5-7,9H2,1-4H3;2-5,9,11H,6H2,1H3,(H,12,13)/b10-8+;. The lowest BCUT2D eigenvalue weighted by Crippen LogP contribution is -2.43. The average Bonchev–Trinajstić information content (AvgIpc) is 2.70. The lowest BCUT2D eigenvalue weighted by atomic mass is 9.89. The highest BCUT2D eigenvalue weighted by atomic mass is 16.5. The van der Waals surface area contributed by atoms with Crippen molar-refractivity contribution in [2.75, 3.05) is 19.5 Å². The fourth-order valence-corrected chi connectivity index (χ4v) is 2.78. The number of amides is 1. The number of benzene rings is 1. The van der Waals surface area contributed by atoms with Gasteiger partial charge in [0.1, 0.15) is 12.4 Å². The number of carbonyl (C=O) groups excluding carboxylic acids is 2. The molecule has 2 unspecified atom stereocenters. The minimum absolute atomic E-state index is 0.0567. The number of rotatable bonds is 9. The van der Waals surface area contributed by atoms with E-state index >= 15 is 0 Å². The van der Waals surface area contributed by atoms with Gasteiger partial charge in [0.25, 0.3) is 0 Å². The minimum Gasteiger partial charge on any atom is -0.374 e. The molecular formula is C23H36N2O3. The Hall–Kier alpha value is -1.98. The largest absolute Gasteiger partial charge is 0.374 e. The predicted molar refractivity (Wildman–Crippen MR) is 116 cm³/mol. The fourth-order valence-electron chi connectivity index (χ4n) is 2.78. The summed E-state index contributed by atoms with van der Waals surface area (Å²) in [5.74, 6) is 0.0567. The van der Waals surface area contributed by atoms with Crippen LogP contribution in [-0.2, 0) is 20.7 Å². The summed E-state index contributed by atoms with van der Waals surface area (Å²) in [6, 6.07) is 7.80. The Morgan fingerprint density at radius 3 is 2.68 bits per heavy atom. The van der Waals surface area contributed by atoms with E-state index in [1.54, 1.807) is 14.2 Å². The Morgan fingerprint density at radius 1 is 1.36 bits per heavy atom. The molecule has 0 aromatic heterocycles. The van der Waals surface area contributed by atoms with Crippen molar-refractivity contribution in [1.29, 1.82) is 0 Å². The van der Waals surface area contributed by atoms with Gasteiger partial charge in [-0.3, -0.25) is 4.79 Å². The van der Waals surface area contributed by atoms with Gasteiger partial charge in [-0.25, -0.2) is 0 Å². The van der Waals surface area contributed by atoms with Crippen LogP contribution in [0.3, 0.4) is 0 Å². The molecule has 5 heteroatoms. The van der Waals surface area contributed by atoms with Crippen LogP contribution in [-0.4, -0.2) is 38.5 Å². The van der Waals surface area contributed by atoms with E-state index in [1.165, 1.54) is 5.56 Å². The molecular weight excluding hydrogens is 352 g/mol. The molecule has 1 amide bonds. The van der Waals surface area contributed by atoms with E-state index in [-0.39, 0.29) is 18.1 Å². The maximum absolute atomic E-state index is 11.4. The maximum atomic E-state index is 11.4. The van der Waals surface area contributed by atoms with Crippen LogP contribution in [0.15, 0.2) is 36.4 Å². The summed E-state index contributed by atoms with van der Waals surface area (Å²) in [6.07, 6.45) is 9.90. The maximum Gasteiger partial charge on any atom is 0.241 e. The summed E-state index contributed by atoms with van der Waals surface area (Å²) in [5.41, 5.74) is 2.44. The number of likely N-dealkylation sites (N-methyl/N-ethyl adjacent to an activating group) is 1. The summed E-state index contributed by atoms with van der Waals surface area (Å²) in [7, 11) is 3.38. The van der Waals surface area contributed by atoms with E-state index in [0.717, 1.165) is 44.1 Å². The van der Waals surface area contributed by atoms with Crippen molar-refractivity contribution in [1.82, 2.24) is 5.32 Å². The first-order valence-electron chi connectivity index (χ1n) is 10.1. The van der Waals surface area contributed by atoms with Crippen molar-refractivity contribution in [2.45, 2.75) is 65.0 Å². The van der Waals surface area contributed by atoms with Gasteiger partial charge in [0.2, 0.25) is 5.91 Å². The van der Waals surface area contributed by atoms with E-state index in [1.807, 2.05) is 24.3 Å². The molecule has 156 valence electrons. The quantitative estimate of drug-likeness (QED) is 0.379. The number of hydrogen-bond acceptors (Lipinski definition) is 4. The summed E-state index contributed by atoms with van der Waals surface area (Å²) in [5, 5.41) is 5.84. The van der Waals surface area contributed by atoms with Gasteiger partial charge >= 0.3 is 0 Å². The Kier molecular flexibility index (Phi) is 10.7. The molecule has 2 atom stereocenters. The smallest absolute Gasteiger partial charge is 0.241 e. The highest BCUT2D eigenvalue weighted by Gasteiger charge is 2.23. The molecule has 1 heterocycles. The highest BCUT2D eigenvalue weighted by molar-refractivity contribution is 5.97. The average molecular weight is 389 g/mol. The van der Waals surface area contributed by atoms with Gasteiger partial charge in [0.05, 0.1) is 6.04 Å². The van der Waals surface area contributed by atoms with Crippen LogP contribution in [0.4, 0.5) is 5.69 Å². The van der Waals surface area contributed by atoms with E-state index < -0.39 is 0 Å². The molecule has 0 radical (unpaired) electrons. The Bertz CT molecular complexity index is 640. The fraction of sp³-hybridized carbons (Fsp3) is 0.565. The number of carbonyl (C=O) groups is 2. The Labute approximate surface area is 169 Å². The van der Waals surface area contributed by atoms with Gasteiger partial charge in [0.15, 0.2) is 0 Å². The molecule has 1 aromatic rings. The number of unbranched alkanes of at least 4 members (excludes halogenated alkanes) is 1. The van der Waals surface area contributed by atoms with Crippen molar-refractivity contribution < 1.29 is 14.3 Å². The van der Waals surface area contributed by atoms with Gasteiger partial charge in [-0.2, -0.15) is 0 Å². The number of fused-ring (bicyclic) bond motifs is 1. The zero-order valence-electron chi connectivity index (χ0n) is 18.0. The van der Waals surface area contributed by atoms with Gasteiger partial charge in [-0.1, -0.05) is 51.1 Å². The molecule has 1 aliphatic rings. The topological polar surface area (TPSA) is 67.4 Å². The zero-order chi connectivity index (χ0) is 21.0. The molecule has 0 fully saturated rings. The van der Waals surface area contributed by atoms with Crippen LogP contribution in [0.5, 0.6) is 0 Å². The molecule has 0 saturated heterocycles. The first-order chi connectivity index (χ1) is 13.4. The molecule has 2 rings (SSSR count). The van der Waals surface area contributed by atoms with Crippen LogP contribution in [0.2, 0.25) is 0 Å². The summed E-state index contributed by atoms with van der Waals surface area (Å²) in [6.45, 7) is 6.65. The molecule has 2 N–H and O–H groups in total. The van der Waals surface area contributed by atoms with Crippen LogP contribution >= 0.6 is 0 Å². The van der Waals surface area contributed by atoms with Crippen molar-refractivity contribution in [3.63, 3.8) is 0 Å². The summed E-state index contributed by atoms with van der Waals surface area (Å²) < 4.78 is 4.98. The van der Waals surface area contributed by atoms with E-state index in [9.17, 15) is 9.59 Å². The van der Waals surface area contributed by atoms with Gasteiger partial charge in [0, 0.05) is 12.8 Å². The van der Waals surface area contributed by atoms with Gasteiger partial charge in [-0.15, -0.1) is 0 Å². The normalized spacial score (nSPS) is 17.3. The summed E-state index contributed by atoms with van der Waals surface area (Å²) in [4.78, 5) is 21.9. The number of anilines is 1. The minimum atomic E-state index is -0.224. The number of para-hydroxylation sites is 1. The lowest BCUT2D eigenvalue weighted by molar-refractivity contribution is -0.118. The van der Waals surface area contributed by atoms with Crippen LogP contribution < -0.4 is 10.6 Å². The second kappa shape index (κ2) is 12.5. The number of methoxy groups -OCH3 is 1. The van der Waals surface area contributed by atoms with E-state index in [4.69, 9.17) is 4.74 Å². The van der Waals surface area contributed by atoms with E-state index in [0.29, 0.717) is 5.41 Å². The molecule has 0 spiro atoms. The number of allylic oxidation sites excluding steroid dienone is 2. The van der Waals surface area contributed by atoms with Crippen molar-refractivity contribution in [3.05, 3.63) is 42.0 Å². The third-order valence-corrected chi connectivity index (χ3v) is 5.16. The van der Waals surface area contributed by atoms with Crippen LogP contribution in [0, 0.1) is 5.41 Å². The molecule has 0 saturated carbocycles. The molecule has 1 aliphatic heterocycles. The number of ether oxygens (including phenoxy) is 1. The molecule has 1 aromatic carbocycles. The highest BCUT2D eigenvalue weighted by Crippen LogP contribution is 2.22. The van der Waals surface area contributed by atoms with Gasteiger partial charge < -0.3 is 20.2 Å². The molecule has 5 nitrogen and oxygen atoms in total. The zero-order valence-corrected chi connectivity index (χ0v) is 18.0.